The summed E-state index contributed by atoms with van der Waals surface area (Å²) >= 11 is 18.0. The highest BCUT2D eigenvalue weighted by molar-refractivity contribution is 6.39. The number of rotatable bonds is 8. The Kier molecular flexibility index (Phi) is 7.70. The normalized spacial score (nSPS) is 10.5. The van der Waals surface area contributed by atoms with Crippen molar-refractivity contribution in [1.29, 1.82) is 0 Å². The van der Waals surface area contributed by atoms with E-state index in [0.29, 0.717) is 28.2 Å². The summed E-state index contributed by atoms with van der Waals surface area (Å²) in [7, 11) is 0. The molecule has 0 radical (unpaired) electrons. The topological polar surface area (TPSA) is 38.3 Å². The van der Waals surface area contributed by atoms with E-state index in [-0.39, 0.29) is 12.4 Å². The third-order valence-corrected chi connectivity index (χ3v) is 4.26. The molecule has 0 fully saturated rings. The highest BCUT2D eigenvalue weighted by Crippen LogP contribution is 2.33. The van der Waals surface area contributed by atoms with Crippen molar-refractivity contribution >= 4 is 52.1 Å². The minimum Gasteiger partial charge on any atom is -0.465 e. The summed E-state index contributed by atoms with van der Waals surface area (Å²) in [5.41, 5.74) is 2.20. The van der Waals surface area contributed by atoms with Crippen LogP contribution in [0.1, 0.15) is 18.4 Å². The van der Waals surface area contributed by atoms with Crippen molar-refractivity contribution in [2.45, 2.75) is 19.3 Å². The number of esters is 1. The Hall–Kier alpha value is -1.42. The van der Waals surface area contributed by atoms with Crippen molar-refractivity contribution in [1.82, 2.24) is 0 Å². The van der Waals surface area contributed by atoms with Gasteiger partial charge in [-0.25, -0.2) is 0 Å². The maximum Gasteiger partial charge on any atom is 0.310 e. The van der Waals surface area contributed by atoms with Gasteiger partial charge in [-0.2, -0.15) is 0 Å². The number of halogens is 3. The van der Waals surface area contributed by atoms with E-state index in [2.05, 4.69) is 5.32 Å². The fourth-order valence-corrected chi connectivity index (χ4v) is 2.82. The highest BCUT2D eigenvalue weighted by atomic mass is 35.5. The lowest BCUT2D eigenvalue weighted by atomic mass is 10.1. The molecule has 0 saturated heterocycles. The van der Waals surface area contributed by atoms with E-state index in [9.17, 15) is 4.79 Å². The second-order valence-corrected chi connectivity index (χ2v) is 6.36. The Bertz CT molecular complexity index is 671. The molecule has 0 aliphatic heterocycles. The molecule has 0 atom stereocenters. The predicted octanol–water partition coefficient (Wildman–Crippen LogP) is 5.84. The van der Waals surface area contributed by atoms with Gasteiger partial charge in [-0.1, -0.05) is 47.5 Å². The molecule has 2 aromatic rings. The Labute approximate surface area is 156 Å². The van der Waals surface area contributed by atoms with E-state index in [1.54, 1.807) is 18.2 Å². The predicted molar refractivity (Wildman–Crippen MR) is 101 cm³/mol. The summed E-state index contributed by atoms with van der Waals surface area (Å²) in [5, 5.41) is 4.23. The quantitative estimate of drug-likeness (QED) is 0.352. The zero-order chi connectivity index (χ0) is 17.4. The molecule has 128 valence electrons. The maximum absolute atomic E-state index is 12.0. The Balaban J connectivity index is 2.06. The summed E-state index contributed by atoms with van der Waals surface area (Å²) < 4.78 is 5.22. The molecule has 1 N–H and O–H groups in total. The fourth-order valence-electron chi connectivity index (χ4n) is 2.14. The number of ether oxygens (including phenoxy) is 1. The molecule has 2 rings (SSSR count). The molecule has 6 heteroatoms. The first-order valence-corrected chi connectivity index (χ1v) is 8.91. The summed E-state index contributed by atoms with van der Waals surface area (Å²) in [5.74, 6) is 0.298. The van der Waals surface area contributed by atoms with E-state index < -0.39 is 0 Å². The lowest BCUT2D eigenvalue weighted by molar-refractivity contribution is -0.142. The molecular formula is C18H18Cl3NO2. The van der Waals surface area contributed by atoms with E-state index >= 15 is 0 Å². The van der Waals surface area contributed by atoms with Crippen LogP contribution >= 0.6 is 34.8 Å². The van der Waals surface area contributed by atoms with Gasteiger partial charge in [0.05, 0.1) is 28.8 Å². The maximum atomic E-state index is 12.0. The SMILES string of the molecule is O=C(Cc1ccccc1Nc1c(Cl)cccc1Cl)OCCCCCl. The molecule has 3 nitrogen and oxygen atoms in total. The highest BCUT2D eigenvalue weighted by Gasteiger charge is 2.12. The van der Waals surface area contributed by atoms with Gasteiger partial charge in [-0.05, 0) is 36.6 Å². The standard InChI is InChI=1S/C18H18Cl3NO2/c19-10-3-4-11-24-17(23)12-13-6-1-2-9-16(13)22-18-14(20)7-5-8-15(18)21/h1-2,5-9,22H,3-4,10-12H2. The first-order valence-electron chi connectivity index (χ1n) is 7.62. The number of alkyl halides is 1. The Morgan fingerprint density at radius 1 is 1.00 bits per heavy atom. The van der Waals surface area contributed by atoms with Crippen molar-refractivity contribution in [2.75, 3.05) is 17.8 Å². The molecule has 0 amide bonds. The number of anilines is 2. The van der Waals surface area contributed by atoms with Crippen molar-refractivity contribution in [2.24, 2.45) is 0 Å². The van der Waals surface area contributed by atoms with E-state index in [1.807, 2.05) is 24.3 Å². The van der Waals surface area contributed by atoms with Crippen molar-refractivity contribution < 1.29 is 9.53 Å². The number of unbranched alkanes of at least 4 members (excludes halogenated alkanes) is 1. The first-order chi connectivity index (χ1) is 11.6. The van der Waals surface area contributed by atoms with Gasteiger partial charge < -0.3 is 10.1 Å². The number of nitrogens with one attached hydrogen (secondary N) is 1. The number of hydrogen-bond acceptors (Lipinski definition) is 3. The largest absolute Gasteiger partial charge is 0.465 e. The first kappa shape index (κ1) is 18.9. The molecule has 0 aliphatic rings. The second-order valence-electron chi connectivity index (χ2n) is 5.17. The van der Waals surface area contributed by atoms with Gasteiger partial charge >= 0.3 is 5.97 Å². The van der Waals surface area contributed by atoms with E-state index in [0.717, 1.165) is 24.1 Å². The van der Waals surface area contributed by atoms with Gasteiger partial charge in [-0.3, -0.25) is 4.79 Å². The minimum atomic E-state index is -0.274. The van der Waals surface area contributed by atoms with Crippen LogP contribution in [-0.4, -0.2) is 18.5 Å². The average Bonchev–Trinajstić information content (AvgIpc) is 2.56. The number of carbonyl (C=O) groups excluding carboxylic acids is 1. The van der Waals surface area contributed by atoms with Gasteiger partial charge in [0.25, 0.3) is 0 Å². The Morgan fingerprint density at radius 2 is 1.71 bits per heavy atom. The summed E-state index contributed by atoms with van der Waals surface area (Å²) in [6.45, 7) is 0.386. The third-order valence-electron chi connectivity index (χ3n) is 3.37. The molecule has 0 bridgehead atoms. The molecule has 0 spiro atoms. The summed E-state index contributed by atoms with van der Waals surface area (Å²) in [6, 6.07) is 12.8. The number of carbonyl (C=O) groups is 1. The molecule has 0 aromatic heterocycles. The smallest absolute Gasteiger partial charge is 0.310 e. The molecule has 0 aliphatic carbocycles. The fraction of sp³-hybridized carbons (Fsp3) is 0.278. The van der Waals surface area contributed by atoms with Gasteiger partial charge in [0.1, 0.15) is 0 Å². The van der Waals surface area contributed by atoms with Crippen LogP contribution in [0.2, 0.25) is 10.0 Å². The number of benzene rings is 2. The zero-order valence-electron chi connectivity index (χ0n) is 13.0. The van der Waals surface area contributed by atoms with Gasteiger partial charge in [0.15, 0.2) is 0 Å². The van der Waals surface area contributed by atoms with Crippen LogP contribution in [0.3, 0.4) is 0 Å². The lowest BCUT2D eigenvalue weighted by Crippen LogP contribution is -2.10. The average molecular weight is 387 g/mol. The van der Waals surface area contributed by atoms with E-state index in [1.165, 1.54) is 0 Å². The van der Waals surface area contributed by atoms with E-state index in [4.69, 9.17) is 39.5 Å². The molecule has 24 heavy (non-hydrogen) atoms. The monoisotopic (exact) mass is 385 g/mol. The number of para-hydroxylation sites is 2. The molecule has 0 unspecified atom stereocenters. The number of hydrogen-bond donors (Lipinski definition) is 1. The van der Waals surface area contributed by atoms with Crippen LogP contribution in [0, 0.1) is 0 Å². The van der Waals surface area contributed by atoms with Gasteiger partial charge in [0.2, 0.25) is 0 Å². The van der Waals surface area contributed by atoms with Gasteiger partial charge in [0, 0.05) is 11.6 Å². The van der Waals surface area contributed by atoms with Crippen LogP contribution in [0.25, 0.3) is 0 Å². The van der Waals surface area contributed by atoms with Crippen molar-refractivity contribution in [3.8, 4) is 0 Å². The summed E-state index contributed by atoms with van der Waals surface area (Å²) in [4.78, 5) is 12.0. The van der Waals surface area contributed by atoms with Crippen LogP contribution < -0.4 is 5.32 Å². The zero-order valence-corrected chi connectivity index (χ0v) is 15.3. The minimum absolute atomic E-state index is 0.173. The van der Waals surface area contributed by atoms with Crippen LogP contribution in [-0.2, 0) is 16.0 Å². The lowest BCUT2D eigenvalue weighted by Gasteiger charge is -2.14. The van der Waals surface area contributed by atoms with Crippen LogP contribution in [0.4, 0.5) is 11.4 Å². The molecule has 2 aromatic carbocycles. The van der Waals surface area contributed by atoms with Crippen LogP contribution in [0.15, 0.2) is 42.5 Å². The van der Waals surface area contributed by atoms with Crippen molar-refractivity contribution in [3.63, 3.8) is 0 Å². The van der Waals surface area contributed by atoms with Crippen molar-refractivity contribution in [3.05, 3.63) is 58.1 Å². The molecular weight excluding hydrogens is 369 g/mol. The second kappa shape index (κ2) is 9.77. The third kappa shape index (κ3) is 5.59. The molecule has 0 saturated carbocycles. The summed E-state index contributed by atoms with van der Waals surface area (Å²) in [6.07, 6.45) is 1.77. The molecule has 0 heterocycles. The Morgan fingerprint density at radius 3 is 2.42 bits per heavy atom. The van der Waals surface area contributed by atoms with Crippen LogP contribution in [0.5, 0.6) is 0 Å². The van der Waals surface area contributed by atoms with Gasteiger partial charge in [-0.15, -0.1) is 11.6 Å².